The number of fused-ring (bicyclic) bond motifs is 1. The van der Waals surface area contributed by atoms with Crippen LogP contribution in [0.15, 0.2) is 0 Å². The van der Waals surface area contributed by atoms with Gasteiger partial charge in [0.1, 0.15) is 7.85 Å². The molecule has 0 bridgehead atoms. The highest BCUT2D eigenvalue weighted by Gasteiger charge is 2.47. The summed E-state index contributed by atoms with van der Waals surface area (Å²) in [5.74, 6) is 0. The maximum atomic E-state index is 5.52. The Bertz CT molecular complexity index is 293. The molecule has 0 aromatic carbocycles. The molecule has 2 fully saturated rings. The van der Waals surface area contributed by atoms with Gasteiger partial charge in [0.25, 0.3) is 0 Å². The summed E-state index contributed by atoms with van der Waals surface area (Å²) in [6.07, 6.45) is 6.75. The number of likely N-dealkylation sites (N-methyl/N-ethyl adjacent to an activating group) is 2. The lowest BCUT2D eigenvalue weighted by Gasteiger charge is -2.41. The van der Waals surface area contributed by atoms with Gasteiger partial charge < -0.3 is 9.80 Å². The molecule has 1 aliphatic carbocycles. The van der Waals surface area contributed by atoms with E-state index in [2.05, 4.69) is 38.7 Å². The Kier molecular flexibility index (Phi) is 3.21. The van der Waals surface area contributed by atoms with Crippen LogP contribution in [0.5, 0.6) is 0 Å². The van der Waals surface area contributed by atoms with Gasteiger partial charge in [-0.05, 0) is 24.0 Å². The zero-order valence-electron chi connectivity index (χ0n) is 11.0. The van der Waals surface area contributed by atoms with Gasteiger partial charge in [-0.2, -0.15) is 0 Å². The second-order valence-electron chi connectivity index (χ2n) is 6.10. The molecule has 0 spiro atoms. The Morgan fingerprint density at radius 3 is 2.62 bits per heavy atom. The summed E-state index contributed by atoms with van der Waals surface area (Å²) in [7, 11) is 6.75. The van der Waals surface area contributed by atoms with Crippen LogP contribution in [-0.4, -0.2) is 48.9 Å². The van der Waals surface area contributed by atoms with E-state index >= 15 is 0 Å². The molecule has 16 heavy (non-hydrogen) atoms. The molecule has 0 radical (unpaired) electrons. The topological polar surface area (TPSA) is 6.48 Å². The van der Waals surface area contributed by atoms with Gasteiger partial charge in [-0.1, -0.05) is 32.6 Å². The van der Waals surface area contributed by atoms with Gasteiger partial charge >= 0.3 is 0 Å². The normalized spacial score (nSPS) is 40.6. The molecule has 2 rings (SSSR count). The molecule has 3 unspecified atom stereocenters. The van der Waals surface area contributed by atoms with E-state index in [1.165, 1.54) is 32.1 Å². The molecule has 3 atom stereocenters. The standard InChI is InChI=1S/C12H23BN2S/c1-12(13)8-6-4-5-7-9-10(12)15(3)11(16)14(9)2/h9-10H,4-8,13H2,1-3H3. The molecule has 1 saturated heterocycles. The van der Waals surface area contributed by atoms with Crippen LogP contribution in [0.4, 0.5) is 0 Å². The minimum absolute atomic E-state index is 0.384. The highest BCUT2D eigenvalue weighted by Crippen LogP contribution is 2.44. The Balaban J connectivity index is 2.30. The molecule has 0 aromatic heterocycles. The first-order chi connectivity index (χ1) is 7.45. The first-order valence-electron chi connectivity index (χ1n) is 6.45. The van der Waals surface area contributed by atoms with E-state index in [9.17, 15) is 0 Å². The van der Waals surface area contributed by atoms with Crippen molar-refractivity contribution in [1.82, 2.24) is 9.80 Å². The minimum Gasteiger partial charge on any atom is -0.347 e. The molecule has 0 aromatic rings. The van der Waals surface area contributed by atoms with Gasteiger partial charge in [-0.15, -0.1) is 0 Å². The molecule has 1 heterocycles. The predicted octanol–water partition coefficient (Wildman–Crippen LogP) is 1.66. The van der Waals surface area contributed by atoms with E-state index in [0.717, 1.165) is 5.11 Å². The Morgan fingerprint density at radius 1 is 1.25 bits per heavy atom. The maximum Gasteiger partial charge on any atom is 0.171 e. The largest absolute Gasteiger partial charge is 0.347 e. The van der Waals surface area contributed by atoms with Crippen molar-refractivity contribution in [2.45, 2.75) is 56.4 Å². The van der Waals surface area contributed by atoms with E-state index in [1.807, 2.05) is 0 Å². The molecule has 1 aliphatic heterocycles. The van der Waals surface area contributed by atoms with E-state index in [1.54, 1.807) is 0 Å². The average molecular weight is 238 g/mol. The van der Waals surface area contributed by atoms with Gasteiger partial charge in [0.2, 0.25) is 0 Å². The second kappa shape index (κ2) is 4.21. The monoisotopic (exact) mass is 238 g/mol. The fourth-order valence-corrected chi connectivity index (χ4v) is 3.88. The van der Waals surface area contributed by atoms with Crippen molar-refractivity contribution in [3.8, 4) is 0 Å². The molecule has 90 valence electrons. The van der Waals surface area contributed by atoms with Crippen molar-refractivity contribution in [2.24, 2.45) is 0 Å². The van der Waals surface area contributed by atoms with Crippen molar-refractivity contribution in [2.75, 3.05) is 14.1 Å². The van der Waals surface area contributed by atoms with E-state index in [0.29, 0.717) is 17.4 Å². The molecule has 0 amide bonds. The first-order valence-corrected chi connectivity index (χ1v) is 6.85. The third-order valence-corrected chi connectivity index (χ3v) is 5.08. The summed E-state index contributed by atoms with van der Waals surface area (Å²) in [5, 5.41) is 1.42. The number of thiocarbonyl (C=S) groups is 1. The molecule has 2 nitrogen and oxygen atoms in total. The summed E-state index contributed by atoms with van der Waals surface area (Å²) in [5.41, 5.74) is 0. The van der Waals surface area contributed by atoms with Gasteiger partial charge in [0.15, 0.2) is 5.11 Å². The summed E-state index contributed by atoms with van der Waals surface area (Å²) >= 11 is 5.52. The lowest BCUT2D eigenvalue weighted by Crippen LogP contribution is -2.44. The second-order valence-corrected chi connectivity index (χ2v) is 6.47. The third kappa shape index (κ3) is 1.85. The maximum absolute atomic E-state index is 5.52. The van der Waals surface area contributed by atoms with Crippen molar-refractivity contribution in [3.63, 3.8) is 0 Å². The Labute approximate surface area is 106 Å². The minimum atomic E-state index is 0.384. The summed E-state index contributed by atoms with van der Waals surface area (Å²) < 4.78 is 0. The van der Waals surface area contributed by atoms with Crippen LogP contribution in [0.3, 0.4) is 0 Å². The van der Waals surface area contributed by atoms with Crippen LogP contribution >= 0.6 is 12.2 Å². The Morgan fingerprint density at radius 2 is 1.94 bits per heavy atom. The molecular formula is C12H23BN2S. The number of rotatable bonds is 0. The van der Waals surface area contributed by atoms with Gasteiger partial charge in [-0.3, -0.25) is 0 Å². The van der Waals surface area contributed by atoms with Gasteiger partial charge in [0.05, 0.1) is 6.04 Å². The van der Waals surface area contributed by atoms with Crippen LogP contribution in [0.25, 0.3) is 0 Å². The van der Waals surface area contributed by atoms with Gasteiger partial charge in [-0.25, -0.2) is 0 Å². The summed E-state index contributed by atoms with van der Waals surface area (Å²) in [6, 6.07) is 1.23. The van der Waals surface area contributed by atoms with Crippen molar-refractivity contribution in [3.05, 3.63) is 0 Å². The number of hydrogen-bond acceptors (Lipinski definition) is 1. The first kappa shape index (κ1) is 12.2. The van der Waals surface area contributed by atoms with Crippen molar-refractivity contribution in [1.29, 1.82) is 0 Å². The molecule has 4 heteroatoms. The number of nitrogens with zero attached hydrogens (tertiary/aromatic N) is 2. The lowest BCUT2D eigenvalue weighted by molar-refractivity contribution is 0.207. The van der Waals surface area contributed by atoms with Crippen molar-refractivity contribution >= 4 is 25.2 Å². The van der Waals surface area contributed by atoms with Crippen LogP contribution in [0, 0.1) is 0 Å². The molecule has 1 saturated carbocycles. The van der Waals surface area contributed by atoms with Crippen LogP contribution in [-0.2, 0) is 0 Å². The zero-order chi connectivity index (χ0) is 11.9. The van der Waals surface area contributed by atoms with Gasteiger partial charge in [0, 0.05) is 20.1 Å². The molecule has 0 N–H and O–H groups in total. The van der Waals surface area contributed by atoms with Crippen LogP contribution < -0.4 is 0 Å². The quantitative estimate of drug-likeness (QED) is 0.468. The predicted molar refractivity (Wildman–Crippen MR) is 75.7 cm³/mol. The van der Waals surface area contributed by atoms with E-state index in [-0.39, 0.29) is 0 Å². The molecule has 2 aliphatic rings. The smallest absolute Gasteiger partial charge is 0.171 e. The fourth-order valence-electron chi connectivity index (χ4n) is 3.63. The van der Waals surface area contributed by atoms with Crippen molar-refractivity contribution < 1.29 is 0 Å². The zero-order valence-corrected chi connectivity index (χ0v) is 11.8. The highest BCUT2D eigenvalue weighted by atomic mass is 32.1. The highest BCUT2D eigenvalue weighted by molar-refractivity contribution is 7.80. The number of hydrogen-bond donors (Lipinski definition) is 0. The van der Waals surface area contributed by atoms with Crippen LogP contribution in [0.2, 0.25) is 5.31 Å². The van der Waals surface area contributed by atoms with E-state index in [4.69, 9.17) is 12.2 Å². The average Bonchev–Trinajstić information content (AvgIpc) is 2.40. The lowest BCUT2D eigenvalue weighted by atomic mass is 9.59. The van der Waals surface area contributed by atoms with E-state index < -0.39 is 0 Å². The fraction of sp³-hybridized carbons (Fsp3) is 0.917. The summed E-state index contributed by atoms with van der Waals surface area (Å²) in [4.78, 5) is 4.67. The summed E-state index contributed by atoms with van der Waals surface area (Å²) in [6.45, 7) is 2.41. The third-order valence-electron chi connectivity index (χ3n) is 4.50. The molecular weight excluding hydrogens is 215 g/mol. The Hall–Kier alpha value is -0.245. The van der Waals surface area contributed by atoms with Crippen LogP contribution in [0.1, 0.15) is 39.0 Å². The SMILES string of the molecule is BC1(C)CCCCCC2C1N(C)C(=S)N2C.